The molecule has 2 heterocycles. The van der Waals surface area contributed by atoms with Gasteiger partial charge in [-0.25, -0.2) is 9.59 Å². The topological polar surface area (TPSA) is 103 Å². The smallest absolute Gasteiger partial charge is 0.331 e. The number of rotatable bonds is 7. The van der Waals surface area contributed by atoms with Crippen LogP contribution in [0.25, 0.3) is 6.08 Å². The minimum Gasteiger partial charge on any atom is -0.467 e. The summed E-state index contributed by atoms with van der Waals surface area (Å²) in [5.41, 5.74) is 2.86. The van der Waals surface area contributed by atoms with E-state index in [2.05, 4.69) is 15.2 Å². The molecule has 1 atom stereocenters. The van der Waals surface area contributed by atoms with Gasteiger partial charge in [-0.15, -0.1) is 0 Å². The standard InChI is InChI=1S/C21H27N3O5/c1-13(2)22-21(27)23-20(26)16(5)29-19(25)9-8-17-11-14(3)24(15(17)4)12-18-7-6-10-28-18/h6-11,13,16H,12H2,1-5H3,(H2,22,23,26,27)/b9-8+/t16-/m0/s1. The molecule has 29 heavy (non-hydrogen) atoms. The third-order valence-corrected chi connectivity index (χ3v) is 4.22. The first-order valence-electron chi connectivity index (χ1n) is 9.36. The number of carbonyl (C=O) groups excluding carboxylic acids is 3. The fourth-order valence-electron chi connectivity index (χ4n) is 2.73. The first kappa shape index (κ1) is 22.0. The second-order valence-corrected chi connectivity index (χ2v) is 7.02. The lowest BCUT2D eigenvalue weighted by Gasteiger charge is -2.13. The normalized spacial score (nSPS) is 12.2. The Labute approximate surface area is 169 Å². The van der Waals surface area contributed by atoms with Crippen molar-refractivity contribution < 1.29 is 23.5 Å². The maximum absolute atomic E-state index is 12.0. The molecule has 0 saturated carbocycles. The van der Waals surface area contributed by atoms with Gasteiger partial charge in [0.2, 0.25) is 0 Å². The predicted octanol–water partition coefficient (Wildman–Crippen LogP) is 2.93. The summed E-state index contributed by atoms with van der Waals surface area (Å²) in [6.45, 7) is 9.45. The molecule has 2 N–H and O–H groups in total. The molecule has 2 rings (SSSR count). The van der Waals surface area contributed by atoms with Crippen LogP contribution in [0.2, 0.25) is 0 Å². The number of hydrogen-bond acceptors (Lipinski definition) is 5. The van der Waals surface area contributed by atoms with Crippen molar-refractivity contribution in [2.24, 2.45) is 0 Å². The van der Waals surface area contributed by atoms with Gasteiger partial charge in [-0.2, -0.15) is 0 Å². The molecule has 0 unspecified atom stereocenters. The zero-order valence-electron chi connectivity index (χ0n) is 17.3. The van der Waals surface area contributed by atoms with Crippen LogP contribution in [0.4, 0.5) is 4.79 Å². The zero-order chi connectivity index (χ0) is 21.6. The molecule has 0 fully saturated rings. The number of ether oxygens (including phenoxy) is 1. The Kier molecular flexibility index (Phi) is 7.41. The summed E-state index contributed by atoms with van der Waals surface area (Å²) < 4.78 is 12.5. The lowest BCUT2D eigenvalue weighted by Crippen LogP contribution is -2.46. The molecule has 0 aliphatic carbocycles. The largest absolute Gasteiger partial charge is 0.467 e. The number of aromatic nitrogens is 1. The van der Waals surface area contributed by atoms with Crippen molar-refractivity contribution in [3.63, 3.8) is 0 Å². The molecule has 156 valence electrons. The van der Waals surface area contributed by atoms with Crippen molar-refractivity contribution in [2.75, 3.05) is 0 Å². The molecule has 3 amide bonds. The first-order valence-corrected chi connectivity index (χ1v) is 9.36. The summed E-state index contributed by atoms with van der Waals surface area (Å²) in [4.78, 5) is 35.5. The number of amides is 3. The summed E-state index contributed by atoms with van der Waals surface area (Å²) >= 11 is 0. The van der Waals surface area contributed by atoms with Gasteiger partial charge in [-0.3, -0.25) is 10.1 Å². The molecule has 2 aromatic rings. The molecule has 0 radical (unpaired) electrons. The average Bonchev–Trinajstić information content (AvgIpc) is 3.23. The molecule has 0 saturated heterocycles. The molecule has 0 aromatic carbocycles. The second kappa shape index (κ2) is 9.77. The third kappa shape index (κ3) is 6.38. The molecule has 0 spiro atoms. The summed E-state index contributed by atoms with van der Waals surface area (Å²) in [6.07, 6.45) is 3.43. The van der Waals surface area contributed by atoms with E-state index in [4.69, 9.17) is 9.15 Å². The van der Waals surface area contributed by atoms with Gasteiger partial charge in [0.05, 0.1) is 12.8 Å². The van der Waals surface area contributed by atoms with Crippen LogP contribution in [-0.4, -0.2) is 34.6 Å². The summed E-state index contributed by atoms with van der Waals surface area (Å²) in [5, 5.41) is 4.65. The monoisotopic (exact) mass is 401 g/mol. The van der Waals surface area contributed by atoms with Gasteiger partial charge in [-0.1, -0.05) is 0 Å². The van der Waals surface area contributed by atoms with E-state index in [1.807, 2.05) is 32.0 Å². The lowest BCUT2D eigenvalue weighted by molar-refractivity contribution is -0.149. The van der Waals surface area contributed by atoms with Gasteiger partial charge in [0.1, 0.15) is 5.76 Å². The summed E-state index contributed by atoms with van der Waals surface area (Å²) in [6, 6.07) is 4.95. The van der Waals surface area contributed by atoms with Gasteiger partial charge in [0, 0.05) is 23.5 Å². The Morgan fingerprint density at radius 3 is 2.59 bits per heavy atom. The van der Waals surface area contributed by atoms with Crippen molar-refractivity contribution >= 4 is 24.0 Å². The van der Waals surface area contributed by atoms with Crippen molar-refractivity contribution in [1.29, 1.82) is 0 Å². The number of urea groups is 1. The Morgan fingerprint density at radius 1 is 1.24 bits per heavy atom. The second-order valence-electron chi connectivity index (χ2n) is 7.02. The minimum absolute atomic E-state index is 0.115. The van der Waals surface area contributed by atoms with Crippen LogP contribution < -0.4 is 10.6 Å². The minimum atomic E-state index is -1.10. The van der Waals surface area contributed by atoms with Crippen LogP contribution in [0.15, 0.2) is 35.0 Å². The Morgan fingerprint density at radius 2 is 1.97 bits per heavy atom. The SMILES string of the molecule is Cc1cc(/C=C/C(=O)O[C@@H](C)C(=O)NC(=O)NC(C)C)c(C)n1Cc1ccco1. The molecule has 8 heteroatoms. The number of hydrogen-bond donors (Lipinski definition) is 2. The molecule has 0 bridgehead atoms. The molecule has 8 nitrogen and oxygen atoms in total. The highest BCUT2D eigenvalue weighted by molar-refractivity contribution is 5.98. The maximum Gasteiger partial charge on any atom is 0.331 e. The van der Waals surface area contributed by atoms with Crippen molar-refractivity contribution in [2.45, 2.75) is 53.3 Å². The number of nitrogens with one attached hydrogen (secondary N) is 2. The summed E-state index contributed by atoms with van der Waals surface area (Å²) in [7, 11) is 0. The fraction of sp³-hybridized carbons (Fsp3) is 0.381. The van der Waals surface area contributed by atoms with Gasteiger partial charge in [0.25, 0.3) is 5.91 Å². The van der Waals surface area contributed by atoms with Gasteiger partial charge < -0.3 is 19.0 Å². The van der Waals surface area contributed by atoms with Crippen LogP contribution in [0, 0.1) is 13.8 Å². The van der Waals surface area contributed by atoms with E-state index in [0.29, 0.717) is 6.54 Å². The highest BCUT2D eigenvalue weighted by Gasteiger charge is 2.19. The molecular formula is C21H27N3O5. The molecule has 0 aliphatic heterocycles. The fourth-order valence-corrected chi connectivity index (χ4v) is 2.73. The van der Waals surface area contributed by atoms with Crippen LogP contribution in [0.1, 0.15) is 43.5 Å². The average molecular weight is 401 g/mol. The highest BCUT2D eigenvalue weighted by Crippen LogP contribution is 2.18. The van der Waals surface area contributed by atoms with E-state index >= 15 is 0 Å². The van der Waals surface area contributed by atoms with Crippen LogP contribution in [0.5, 0.6) is 0 Å². The number of furan rings is 1. The van der Waals surface area contributed by atoms with E-state index in [-0.39, 0.29) is 6.04 Å². The molecule has 0 aliphatic rings. The maximum atomic E-state index is 12.0. The van der Waals surface area contributed by atoms with Crippen LogP contribution >= 0.6 is 0 Å². The van der Waals surface area contributed by atoms with E-state index in [9.17, 15) is 14.4 Å². The van der Waals surface area contributed by atoms with E-state index in [1.165, 1.54) is 13.0 Å². The van der Waals surface area contributed by atoms with E-state index in [1.54, 1.807) is 26.2 Å². The number of nitrogens with zero attached hydrogens (tertiary/aromatic N) is 1. The third-order valence-electron chi connectivity index (χ3n) is 4.22. The Balaban J connectivity index is 1.95. The first-order chi connectivity index (χ1) is 13.7. The molecule has 2 aromatic heterocycles. The number of esters is 1. The van der Waals surface area contributed by atoms with Crippen molar-refractivity contribution in [1.82, 2.24) is 15.2 Å². The van der Waals surface area contributed by atoms with Gasteiger partial charge >= 0.3 is 12.0 Å². The lowest BCUT2D eigenvalue weighted by atomic mass is 10.2. The van der Waals surface area contributed by atoms with Crippen LogP contribution in [-0.2, 0) is 20.9 Å². The number of carbonyl (C=O) groups is 3. The predicted molar refractivity (Wildman–Crippen MR) is 108 cm³/mol. The van der Waals surface area contributed by atoms with E-state index in [0.717, 1.165) is 22.7 Å². The zero-order valence-corrected chi connectivity index (χ0v) is 17.3. The van der Waals surface area contributed by atoms with Crippen molar-refractivity contribution in [3.8, 4) is 0 Å². The number of imide groups is 1. The Bertz CT molecular complexity index is 894. The number of aryl methyl sites for hydroxylation is 1. The van der Waals surface area contributed by atoms with Crippen molar-refractivity contribution in [3.05, 3.63) is 53.2 Å². The quantitative estimate of drug-likeness (QED) is 0.549. The highest BCUT2D eigenvalue weighted by atomic mass is 16.5. The summed E-state index contributed by atoms with van der Waals surface area (Å²) in [5.74, 6) is -0.530. The Hall–Kier alpha value is -3.29. The van der Waals surface area contributed by atoms with Gasteiger partial charge in [-0.05, 0) is 64.5 Å². The van der Waals surface area contributed by atoms with Crippen LogP contribution in [0.3, 0.4) is 0 Å². The molecular weight excluding hydrogens is 374 g/mol. The van der Waals surface area contributed by atoms with Gasteiger partial charge in [0.15, 0.2) is 6.10 Å². The van der Waals surface area contributed by atoms with E-state index < -0.39 is 24.0 Å².